The number of hydrogen-bond donors (Lipinski definition) is 1. The summed E-state index contributed by atoms with van der Waals surface area (Å²) in [5.74, 6) is -0.735. The molecule has 6 heteroatoms. The zero-order valence-corrected chi connectivity index (χ0v) is 12.2. The van der Waals surface area contributed by atoms with Gasteiger partial charge < -0.3 is 5.32 Å². The van der Waals surface area contributed by atoms with E-state index in [4.69, 9.17) is 0 Å². The molecule has 1 aromatic rings. The van der Waals surface area contributed by atoms with Crippen molar-refractivity contribution in [1.82, 2.24) is 9.62 Å². The van der Waals surface area contributed by atoms with Gasteiger partial charge in [0.1, 0.15) is 10.7 Å². The largest absolute Gasteiger partial charge is 0.316 e. The fraction of sp³-hybridized carbons (Fsp3) is 0.385. The van der Waals surface area contributed by atoms with Gasteiger partial charge in [-0.3, -0.25) is 0 Å². The van der Waals surface area contributed by atoms with Crippen molar-refractivity contribution < 1.29 is 12.8 Å². The van der Waals surface area contributed by atoms with Crippen LogP contribution in [0.1, 0.15) is 12.5 Å². The number of benzene rings is 1. The first kappa shape index (κ1) is 15.8. The number of rotatable bonds is 6. The van der Waals surface area contributed by atoms with E-state index in [1.807, 2.05) is 0 Å². The van der Waals surface area contributed by atoms with Gasteiger partial charge in [0.25, 0.3) is 0 Å². The van der Waals surface area contributed by atoms with E-state index >= 15 is 0 Å². The van der Waals surface area contributed by atoms with Crippen LogP contribution in [0.4, 0.5) is 4.39 Å². The van der Waals surface area contributed by atoms with Crippen LogP contribution < -0.4 is 5.32 Å². The predicted molar refractivity (Wildman–Crippen MR) is 73.8 cm³/mol. The number of halogens is 1. The van der Waals surface area contributed by atoms with E-state index < -0.39 is 15.8 Å². The van der Waals surface area contributed by atoms with Crippen molar-refractivity contribution in [3.8, 4) is 0 Å². The lowest BCUT2D eigenvalue weighted by Gasteiger charge is -2.17. The van der Waals surface area contributed by atoms with Crippen molar-refractivity contribution in [2.45, 2.75) is 18.4 Å². The van der Waals surface area contributed by atoms with E-state index in [1.165, 1.54) is 19.2 Å². The van der Waals surface area contributed by atoms with Gasteiger partial charge >= 0.3 is 0 Å². The van der Waals surface area contributed by atoms with Crippen molar-refractivity contribution in [2.24, 2.45) is 0 Å². The van der Waals surface area contributed by atoms with Crippen LogP contribution in [-0.4, -0.2) is 33.4 Å². The molecule has 0 radical (unpaired) electrons. The van der Waals surface area contributed by atoms with E-state index in [2.05, 4.69) is 11.9 Å². The van der Waals surface area contributed by atoms with Crippen LogP contribution in [0.3, 0.4) is 0 Å². The predicted octanol–water partition coefficient (Wildman–Crippen LogP) is 1.74. The van der Waals surface area contributed by atoms with E-state index in [1.54, 1.807) is 20.0 Å². The molecule has 0 atom stereocenters. The lowest BCUT2D eigenvalue weighted by atomic mass is 10.2. The normalized spacial score (nSPS) is 11.8. The standard InChI is InChI=1S/C13H19FN2O2S/c1-10(2)9-16(4)19(17,18)13-6-5-11(8-15-3)7-12(13)14/h5-7,15H,1,8-9H2,2-4H3. The zero-order chi connectivity index (χ0) is 14.6. The Morgan fingerprint density at radius 1 is 1.47 bits per heavy atom. The molecule has 0 aromatic heterocycles. The molecule has 106 valence electrons. The molecule has 1 aromatic carbocycles. The van der Waals surface area contributed by atoms with Gasteiger partial charge in [-0.15, -0.1) is 0 Å². The van der Waals surface area contributed by atoms with Gasteiger partial charge in [-0.05, 0) is 31.7 Å². The molecule has 1 rings (SSSR count). The Labute approximate surface area is 114 Å². The van der Waals surface area contributed by atoms with Crippen LogP contribution in [0.2, 0.25) is 0 Å². The highest BCUT2D eigenvalue weighted by Gasteiger charge is 2.24. The van der Waals surface area contributed by atoms with E-state index in [0.717, 1.165) is 4.31 Å². The number of hydrogen-bond acceptors (Lipinski definition) is 3. The molecular weight excluding hydrogens is 267 g/mol. The third kappa shape index (κ3) is 3.86. The molecule has 0 spiro atoms. The van der Waals surface area contributed by atoms with Crippen LogP contribution in [0.15, 0.2) is 35.2 Å². The average molecular weight is 286 g/mol. The monoisotopic (exact) mass is 286 g/mol. The van der Waals surface area contributed by atoms with Gasteiger partial charge in [-0.1, -0.05) is 18.2 Å². The minimum atomic E-state index is -3.82. The summed E-state index contributed by atoms with van der Waals surface area (Å²) in [5.41, 5.74) is 1.39. The van der Waals surface area contributed by atoms with E-state index in [0.29, 0.717) is 17.7 Å². The van der Waals surface area contributed by atoms with Gasteiger partial charge in [0, 0.05) is 20.1 Å². The van der Waals surface area contributed by atoms with Crippen molar-refractivity contribution in [3.05, 3.63) is 41.7 Å². The van der Waals surface area contributed by atoms with Crippen molar-refractivity contribution in [1.29, 1.82) is 0 Å². The first-order valence-electron chi connectivity index (χ1n) is 5.82. The average Bonchev–Trinajstić information content (AvgIpc) is 2.28. The molecule has 0 amide bonds. The molecule has 0 heterocycles. The quantitative estimate of drug-likeness (QED) is 0.810. The molecule has 0 saturated carbocycles. The fourth-order valence-corrected chi connectivity index (χ4v) is 2.97. The van der Waals surface area contributed by atoms with Gasteiger partial charge in [-0.25, -0.2) is 12.8 Å². The Balaban J connectivity index is 3.11. The zero-order valence-electron chi connectivity index (χ0n) is 11.4. The van der Waals surface area contributed by atoms with Crippen LogP contribution in [0.25, 0.3) is 0 Å². The maximum absolute atomic E-state index is 13.9. The summed E-state index contributed by atoms with van der Waals surface area (Å²) in [6, 6.07) is 4.13. The van der Waals surface area contributed by atoms with E-state index in [9.17, 15) is 12.8 Å². The maximum Gasteiger partial charge on any atom is 0.246 e. The van der Waals surface area contributed by atoms with Crippen LogP contribution in [0.5, 0.6) is 0 Å². The number of nitrogens with one attached hydrogen (secondary N) is 1. The second-order valence-corrected chi connectivity index (χ2v) is 6.53. The van der Waals surface area contributed by atoms with Crippen molar-refractivity contribution in [2.75, 3.05) is 20.6 Å². The summed E-state index contributed by atoms with van der Waals surface area (Å²) in [7, 11) is -0.672. The van der Waals surface area contributed by atoms with Gasteiger partial charge in [-0.2, -0.15) is 4.31 Å². The van der Waals surface area contributed by atoms with Gasteiger partial charge in [0.05, 0.1) is 0 Å². The highest BCUT2D eigenvalue weighted by molar-refractivity contribution is 7.89. The summed E-state index contributed by atoms with van der Waals surface area (Å²) in [6.45, 7) is 6.03. The molecule has 0 unspecified atom stereocenters. The molecule has 0 bridgehead atoms. The number of likely N-dealkylation sites (N-methyl/N-ethyl adjacent to an activating group) is 1. The molecule has 0 aliphatic rings. The van der Waals surface area contributed by atoms with Crippen molar-refractivity contribution >= 4 is 10.0 Å². The van der Waals surface area contributed by atoms with Crippen LogP contribution in [-0.2, 0) is 16.6 Å². The summed E-state index contributed by atoms with van der Waals surface area (Å²) in [4.78, 5) is -0.309. The minimum Gasteiger partial charge on any atom is -0.316 e. The highest BCUT2D eigenvalue weighted by atomic mass is 32.2. The summed E-state index contributed by atoms with van der Waals surface area (Å²) >= 11 is 0. The fourth-order valence-electron chi connectivity index (χ4n) is 1.70. The first-order valence-corrected chi connectivity index (χ1v) is 7.26. The Morgan fingerprint density at radius 3 is 2.58 bits per heavy atom. The molecule has 0 saturated heterocycles. The molecule has 0 aliphatic carbocycles. The smallest absolute Gasteiger partial charge is 0.246 e. The molecule has 0 aliphatic heterocycles. The number of sulfonamides is 1. The van der Waals surface area contributed by atoms with E-state index in [-0.39, 0.29) is 11.4 Å². The Hall–Kier alpha value is -1.24. The lowest BCUT2D eigenvalue weighted by Crippen LogP contribution is -2.29. The summed E-state index contributed by atoms with van der Waals surface area (Å²) < 4.78 is 39.4. The number of nitrogens with zero attached hydrogens (tertiary/aromatic N) is 1. The van der Waals surface area contributed by atoms with Crippen molar-refractivity contribution in [3.63, 3.8) is 0 Å². The molecule has 1 N–H and O–H groups in total. The summed E-state index contributed by atoms with van der Waals surface area (Å²) in [6.07, 6.45) is 0. The Morgan fingerprint density at radius 2 is 2.11 bits per heavy atom. The third-order valence-corrected chi connectivity index (χ3v) is 4.39. The minimum absolute atomic E-state index is 0.167. The summed E-state index contributed by atoms with van der Waals surface area (Å²) in [5, 5.41) is 2.88. The van der Waals surface area contributed by atoms with Gasteiger partial charge in [0.2, 0.25) is 10.0 Å². The van der Waals surface area contributed by atoms with Gasteiger partial charge in [0.15, 0.2) is 0 Å². The molecule has 0 fully saturated rings. The van der Waals surface area contributed by atoms with Crippen LogP contribution in [0, 0.1) is 5.82 Å². The SMILES string of the molecule is C=C(C)CN(C)S(=O)(=O)c1ccc(CNC)cc1F. The highest BCUT2D eigenvalue weighted by Crippen LogP contribution is 2.20. The first-order chi connectivity index (χ1) is 8.78. The lowest BCUT2D eigenvalue weighted by molar-refractivity contribution is 0.483. The molecular formula is C13H19FN2O2S. The molecule has 19 heavy (non-hydrogen) atoms. The van der Waals surface area contributed by atoms with Crippen LogP contribution >= 0.6 is 0 Å². The Bertz CT molecular complexity index is 570. The molecule has 4 nitrogen and oxygen atoms in total. The second kappa shape index (κ2) is 6.27. The second-order valence-electron chi connectivity index (χ2n) is 4.51. The maximum atomic E-state index is 13.9. The Kier molecular flexibility index (Phi) is 5.22. The topological polar surface area (TPSA) is 49.4 Å². The third-order valence-electron chi connectivity index (χ3n) is 2.56.